The van der Waals surface area contributed by atoms with E-state index in [1.165, 1.54) is 0 Å². The Balaban J connectivity index is 2.36. The summed E-state index contributed by atoms with van der Waals surface area (Å²) in [6.07, 6.45) is 1.12. The lowest BCUT2D eigenvalue weighted by molar-refractivity contribution is 0.275. The molecule has 0 radical (unpaired) electrons. The predicted octanol–water partition coefficient (Wildman–Crippen LogP) is 2.14. The molecule has 1 aliphatic rings. The lowest BCUT2D eigenvalue weighted by Crippen LogP contribution is -2.43. The lowest BCUT2D eigenvalue weighted by atomic mass is 9.91. The highest BCUT2D eigenvalue weighted by Gasteiger charge is 2.29. The van der Waals surface area contributed by atoms with Crippen LogP contribution in [0.5, 0.6) is 17.2 Å². The Morgan fingerprint density at radius 3 is 2.00 bits per heavy atom. The second kappa shape index (κ2) is 4.84. The van der Waals surface area contributed by atoms with Crippen LogP contribution < -0.4 is 19.5 Å². The van der Waals surface area contributed by atoms with Gasteiger partial charge in [-0.15, -0.1) is 0 Å². The molecule has 0 bridgehead atoms. The average molecular weight is 237 g/mol. The van der Waals surface area contributed by atoms with E-state index >= 15 is 0 Å². The summed E-state index contributed by atoms with van der Waals surface area (Å²) in [6, 6.07) is 4.78. The van der Waals surface area contributed by atoms with Gasteiger partial charge in [0.1, 0.15) is 5.75 Å². The van der Waals surface area contributed by atoms with Gasteiger partial charge in [-0.05, 0) is 19.4 Å². The number of hydrogen-bond donors (Lipinski definition) is 1. The van der Waals surface area contributed by atoms with Crippen LogP contribution in [0.4, 0.5) is 0 Å². The smallest absolute Gasteiger partial charge is 0.164 e. The van der Waals surface area contributed by atoms with E-state index in [9.17, 15) is 0 Å². The minimum Gasteiger partial charge on any atom is -0.496 e. The third kappa shape index (κ3) is 2.17. The summed E-state index contributed by atoms with van der Waals surface area (Å²) < 4.78 is 16.0. The van der Waals surface area contributed by atoms with Crippen LogP contribution in [0, 0.1) is 0 Å². The van der Waals surface area contributed by atoms with Gasteiger partial charge in [0.15, 0.2) is 11.5 Å². The van der Waals surface area contributed by atoms with Crippen molar-refractivity contribution < 1.29 is 14.2 Å². The Morgan fingerprint density at radius 2 is 1.53 bits per heavy atom. The average Bonchev–Trinajstić information content (AvgIpc) is 2.33. The summed E-state index contributed by atoms with van der Waals surface area (Å²) in [5, 5.41) is 3.45. The van der Waals surface area contributed by atoms with Crippen LogP contribution >= 0.6 is 0 Å². The van der Waals surface area contributed by atoms with Gasteiger partial charge in [0.05, 0.1) is 21.3 Å². The van der Waals surface area contributed by atoms with Crippen molar-refractivity contribution in [2.45, 2.75) is 25.4 Å². The predicted molar refractivity (Wildman–Crippen MR) is 66.1 cm³/mol. The maximum Gasteiger partial charge on any atom is 0.164 e. The minimum absolute atomic E-state index is 0.347. The highest BCUT2D eigenvalue weighted by Crippen LogP contribution is 2.40. The Labute approximate surface area is 102 Å². The van der Waals surface area contributed by atoms with Gasteiger partial charge in [-0.25, -0.2) is 0 Å². The molecule has 1 heterocycles. The Morgan fingerprint density at radius 1 is 1.00 bits per heavy atom. The SMILES string of the molecule is COc1cc(OC)c(C2CC(C)N2)cc1OC. The second-order valence-corrected chi connectivity index (χ2v) is 4.31. The molecule has 1 aliphatic heterocycles. The van der Waals surface area contributed by atoms with E-state index in [-0.39, 0.29) is 0 Å². The number of ether oxygens (including phenoxy) is 3. The van der Waals surface area contributed by atoms with E-state index < -0.39 is 0 Å². The van der Waals surface area contributed by atoms with Crippen molar-refractivity contribution in [1.29, 1.82) is 0 Å². The molecule has 17 heavy (non-hydrogen) atoms. The summed E-state index contributed by atoms with van der Waals surface area (Å²) in [7, 11) is 4.94. The molecule has 2 rings (SSSR count). The summed E-state index contributed by atoms with van der Waals surface area (Å²) in [5.74, 6) is 2.28. The van der Waals surface area contributed by atoms with Crippen LogP contribution in [-0.2, 0) is 0 Å². The zero-order chi connectivity index (χ0) is 12.4. The van der Waals surface area contributed by atoms with Crippen molar-refractivity contribution in [2.75, 3.05) is 21.3 Å². The maximum atomic E-state index is 5.40. The molecule has 1 N–H and O–H groups in total. The topological polar surface area (TPSA) is 39.7 Å². The van der Waals surface area contributed by atoms with Crippen molar-refractivity contribution >= 4 is 0 Å². The molecular formula is C13H19NO3. The molecule has 1 fully saturated rings. The first-order valence-electron chi connectivity index (χ1n) is 5.75. The molecule has 1 saturated heterocycles. The first-order chi connectivity index (χ1) is 8.19. The zero-order valence-electron chi connectivity index (χ0n) is 10.7. The molecule has 2 atom stereocenters. The third-order valence-electron chi connectivity index (χ3n) is 3.19. The Kier molecular flexibility index (Phi) is 3.43. The Hall–Kier alpha value is -1.42. The van der Waals surface area contributed by atoms with Gasteiger partial charge in [0, 0.05) is 23.7 Å². The molecule has 0 saturated carbocycles. The quantitative estimate of drug-likeness (QED) is 0.871. The summed E-state index contributed by atoms with van der Waals surface area (Å²) in [4.78, 5) is 0. The molecule has 1 aromatic rings. The molecule has 2 unspecified atom stereocenters. The highest BCUT2D eigenvalue weighted by molar-refractivity contribution is 5.52. The number of hydrogen-bond acceptors (Lipinski definition) is 4. The summed E-state index contributed by atoms with van der Waals surface area (Å²) in [5.41, 5.74) is 1.13. The number of rotatable bonds is 4. The van der Waals surface area contributed by atoms with Crippen molar-refractivity contribution in [1.82, 2.24) is 5.32 Å². The van der Waals surface area contributed by atoms with E-state index in [0.717, 1.165) is 23.5 Å². The van der Waals surface area contributed by atoms with Crippen LogP contribution in [0.2, 0.25) is 0 Å². The fourth-order valence-electron chi connectivity index (χ4n) is 2.21. The van der Waals surface area contributed by atoms with Gasteiger partial charge in [0.2, 0.25) is 0 Å². The van der Waals surface area contributed by atoms with E-state index in [0.29, 0.717) is 17.8 Å². The lowest BCUT2D eigenvalue weighted by Gasteiger charge is -2.36. The zero-order valence-corrected chi connectivity index (χ0v) is 10.7. The second-order valence-electron chi connectivity index (χ2n) is 4.31. The van der Waals surface area contributed by atoms with Crippen molar-refractivity contribution in [3.8, 4) is 17.2 Å². The minimum atomic E-state index is 0.347. The van der Waals surface area contributed by atoms with E-state index in [4.69, 9.17) is 14.2 Å². The van der Waals surface area contributed by atoms with Gasteiger partial charge < -0.3 is 19.5 Å². The highest BCUT2D eigenvalue weighted by atomic mass is 16.5. The summed E-state index contributed by atoms with van der Waals surface area (Å²) in [6.45, 7) is 2.17. The molecule has 0 aromatic heterocycles. The maximum absolute atomic E-state index is 5.40. The van der Waals surface area contributed by atoms with E-state index in [1.807, 2.05) is 12.1 Å². The van der Waals surface area contributed by atoms with Gasteiger partial charge in [-0.2, -0.15) is 0 Å². The van der Waals surface area contributed by atoms with Crippen molar-refractivity contribution in [3.05, 3.63) is 17.7 Å². The molecule has 0 amide bonds. The standard InChI is InChI=1S/C13H19NO3/c1-8-5-10(14-8)9-6-12(16-3)13(17-4)7-11(9)15-2/h6-8,10,14H,5H2,1-4H3. The Bertz CT molecular complexity index is 400. The van der Waals surface area contributed by atoms with Crippen LogP contribution in [0.25, 0.3) is 0 Å². The first-order valence-corrected chi connectivity index (χ1v) is 5.75. The van der Waals surface area contributed by atoms with E-state index in [1.54, 1.807) is 21.3 Å². The number of methoxy groups -OCH3 is 3. The fourth-order valence-corrected chi connectivity index (χ4v) is 2.21. The molecule has 4 nitrogen and oxygen atoms in total. The van der Waals surface area contributed by atoms with Gasteiger partial charge in [-0.3, -0.25) is 0 Å². The van der Waals surface area contributed by atoms with Crippen LogP contribution in [0.15, 0.2) is 12.1 Å². The molecular weight excluding hydrogens is 218 g/mol. The third-order valence-corrected chi connectivity index (χ3v) is 3.19. The monoisotopic (exact) mass is 237 g/mol. The van der Waals surface area contributed by atoms with Crippen LogP contribution in [0.1, 0.15) is 24.9 Å². The van der Waals surface area contributed by atoms with Gasteiger partial charge in [0.25, 0.3) is 0 Å². The molecule has 0 spiro atoms. The largest absolute Gasteiger partial charge is 0.496 e. The van der Waals surface area contributed by atoms with Crippen molar-refractivity contribution in [3.63, 3.8) is 0 Å². The fraction of sp³-hybridized carbons (Fsp3) is 0.538. The molecule has 0 aliphatic carbocycles. The van der Waals surface area contributed by atoms with Crippen molar-refractivity contribution in [2.24, 2.45) is 0 Å². The van der Waals surface area contributed by atoms with Gasteiger partial charge >= 0.3 is 0 Å². The molecule has 1 aromatic carbocycles. The van der Waals surface area contributed by atoms with Crippen LogP contribution in [0.3, 0.4) is 0 Å². The normalized spacial score (nSPS) is 22.8. The van der Waals surface area contributed by atoms with E-state index in [2.05, 4.69) is 12.2 Å². The number of nitrogens with one attached hydrogen (secondary N) is 1. The molecule has 4 heteroatoms. The number of benzene rings is 1. The first kappa shape index (κ1) is 12.0. The van der Waals surface area contributed by atoms with Crippen LogP contribution in [-0.4, -0.2) is 27.4 Å². The summed E-state index contributed by atoms with van der Waals surface area (Å²) >= 11 is 0. The van der Waals surface area contributed by atoms with Gasteiger partial charge in [-0.1, -0.05) is 0 Å². The molecule has 94 valence electrons.